The minimum absolute atomic E-state index is 0.343. The SMILES string of the molecule is CC(C)(N)COc1c(C#N)cnc2ccccc12. The van der Waals surface area contributed by atoms with Crippen LogP contribution in [-0.2, 0) is 0 Å². The number of aromatic nitrogens is 1. The van der Waals surface area contributed by atoms with Crippen molar-refractivity contribution < 1.29 is 4.74 Å². The van der Waals surface area contributed by atoms with Gasteiger partial charge in [0, 0.05) is 17.1 Å². The number of fused-ring (bicyclic) bond motifs is 1. The average molecular weight is 241 g/mol. The van der Waals surface area contributed by atoms with E-state index < -0.39 is 5.54 Å². The number of nitrogens with zero attached hydrogens (tertiary/aromatic N) is 2. The van der Waals surface area contributed by atoms with Gasteiger partial charge in [0.05, 0.1) is 5.52 Å². The molecule has 4 heteroatoms. The first-order valence-electron chi connectivity index (χ1n) is 5.71. The number of hydrogen-bond acceptors (Lipinski definition) is 4. The fourth-order valence-electron chi connectivity index (χ4n) is 1.61. The molecule has 18 heavy (non-hydrogen) atoms. The van der Waals surface area contributed by atoms with E-state index in [9.17, 15) is 0 Å². The molecule has 2 aromatic rings. The number of nitrogens with two attached hydrogens (primary N) is 1. The van der Waals surface area contributed by atoms with Gasteiger partial charge in [-0.1, -0.05) is 12.1 Å². The van der Waals surface area contributed by atoms with Gasteiger partial charge in [0.25, 0.3) is 0 Å². The van der Waals surface area contributed by atoms with Gasteiger partial charge in [-0.05, 0) is 26.0 Å². The van der Waals surface area contributed by atoms with E-state index in [0.717, 1.165) is 10.9 Å². The topological polar surface area (TPSA) is 71.9 Å². The molecule has 1 aromatic carbocycles. The van der Waals surface area contributed by atoms with Crippen molar-refractivity contribution >= 4 is 10.9 Å². The predicted octanol–water partition coefficient (Wildman–Crippen LogP) is 2.22. The molecule has 0 saturated heterocycles. The number of pyridine rings is 1. The van der Waals surface area contributed by atoms with Gasteiger partial charge in [0.15, 0.2) is 0 Å². The van der Waals surface area contributed by atoms with Crippen molar-refractivity contribution in [2.75, 3.05) is 6.61 Å². The first-order chi connectivity index (χ1) is 8.51. The Morgan fingerprint density at radius 3 is 2.78 bits per heavy atom. The second-order valence-electron chi connectivity index (χ2n) is 4.91. The van der Waals surface area contributed by atoms with Crippen LogP contribution in [0, 0.1) is 11.3 Å². The van der Waals surface area contributed by atoms with Crippen molar-refractivity contribution in [1.82, 2.24) is 4.98 Å². The van der Waals surface area contributed by atoms with Gasteiger partial charge in [-0.15, -0.1) is 0 Å². The second-order valence-corrected chi connectivity index (χ2v) is 4.91. The summed E-state index contributed by atoms with van der Waals surface area (Å²) in [6.07, 6.45) is 1.53. The Morgan fingerprint density at radius 1 is 1.39 bits per heavy atom. The van der Waals surface area contributed by atoms with E-state index in [1.54, 1.807) is 0 Å². The van der Waals surface area contributed by atoms with E-state index in [1.807, 2.05) is 38.1 Å². The van der Waals surface area contributed by atoms with Crippen LogP contribution < -0.4 is 10.5 Å². The monoisotopic (exact) mass is 241 g/mol. The van der Waals surface area contributed by atoms with Crippen LogP contribution in [0.25, 0.3) is 10.9 Å². The molecule has 0 aliphatic heterocycles. The summed E-state index contributed by atoms with van der Waals surface area (Å²) in [4.78, 5) is 4.22. The Hall–Kier alpha value is -2.12. The summed E-state index contributed by atoms with van der Waals surface area (Å²) in [6, 6.07) is 9.67. The quantitative estimate of drug-likeness (QED) is 0.894. The number of benzene rings is 1. The molecule has 0 fully saturated rings. The summed E-state index contributed by atoms with van der Waals surface area (Å²) in [5.41, 5.74) is 6.68. The van der Waals surface area contributed by atoms with Crippen LogP contribution in [0.3, 0.4) is 0 Å². The van der Waals surface area contributed by atoms with Crippen molar-refractivity contribution in [3.05, 3.63) is 36.0 Å². The number of hydrogen-bond donors (Lipinski definition) is 1. The van der Waals surface area contributed by atoms with Crippen molar-refractivity contribution in [1.29, 1.82) is 5.26 Å². The van der Waals surface area contributed by atoms with Crippen LogP contribution in [0.15, 0.2) is 30.5 Å². The highest BCUT2D eigenvalue weighted by molar-refractivity contribution is 5.87. The van der Waals surface area contributed by atoms with Crippen molar-refractivity contribution in [3.63, 3.8) is 0 Å². The highest BCUT2D eigenvalue weighted by Crippen LogP contribution is 2.28. The van der Waals surface area contributed by atoms with E-state index in [1.165, 1.54) is 6.20 Å². The predicted molar refractivity (Wildman–Crippen MR) is 70.2 cm³/mol. The van der Waals surface area contributed by atoms with Gasteiger partial charge in [-0.25, -0.2) is 0 Å². The lowest BCUT2D eigenvalue weighted by Gasteiger charge is -2.20. The largest absolute Gasteiger partial charge is 0.490 e. The molecule has 0 aliphatic rings. The summed E-state index contributed by atoms with van der Waals surface area (Å²) in [6.45, 7) is 4.10. The molecule has 4 nitrogen and oxygen atoms in total. The van der Waals surface area contributed by atoms with Crippen molar-refractivity contribution in [2.24, 2.45) is 5.73 Å². The highest BCUT2D eigenvalue weighted by Gasteiger charge is 2.15. The van der Waals surface area contributed by atoms with Gasteiger partial charge < -0.3 is 10.5 Å². The Morgan fingerprint density at radius 2 is 2.11 bits per heavy atom. The molecule has 0 atom stereocenters. The average Bonchev–Trinajstić information content (AvgIpc) is 2.34. The van der Waals surface area contributed by atoms with Crippen LogP contribution in [0.1, 0.15) is 19.4 Å². The third-order valence-corrected chi connectivity index (χ3v) is 2.44. The van der Waals surface area contributed by atoms with Crippen molar-refractivity contribution in [2.45, 2.75) is 19.4 Å². The molecule has 92 valence electrons. The maximum atomic E-state index is 9.11. The van der Waals surface area contributed by atoms with E-state index in [2.05, 4.69) is 11.1 Å². The molecule has 0 spiro atoms. The summed E-state index contributed by atoms with van der Waals surface area (Å²) in [5, 5.41) is 9.94. The number of rotatable bonds is 3. The summed E-state index contributed by atoms with van der Waals surface area (Å²) < 4.78 is 5.72. The Bertz CT molecular complexity index is 608. The minimum Gasteiger partial charge on any atom is -0.490 e. The van der Waals surface area contributed by atoms with Crippen LogP contribution in [-0.4, -0.2) is 17.1 Å². The van der Waals surface area contributed by atoms with Gasteiger partial charge in [0.2, 0.25) is 0 Å². The molecular formula is C14H15N3O. The standard InChI is InChI=1S/C14H15N3O/c1-14(2,16)9-18-13-10(7-15)8-17-12-6-4-3-5-11(12)13/h3-6,8H,9,16H2,1-2H3. The zero-order valence-corrected chi connectivity index (χ0v) is 10.5. The molecular weight excluding hydrogens is 226 g/mol. The molecule has 1 aromatic heterocycles. The fourth-order valence-corrected chi connectivity index (χ4v) is 1.61. The zero-order valence-electron chi connectivity index (χ0n) is 10.5. The van der Waals surface area contributed by atoms with E-state index in [-0.39, 0.29) is 0 Å². The Kier molecular flexibility index (Phi) is 3.17. The van der Waals surface area contributed by atoms with Gasteiger partial charge in [0.1, 0.15) is 24.0 Å². The highest BCUT2D eigenvalue weighted by atomic mass is 16.5. The summed E-state index contributed by atoms with van der Waals surface area (Å²) >= 11 is 0. The van der Waals surface area contributed by atoms with Crippen molar-refractivity contribution in [3.8, 4) is 11.8 Å². The molecule has 1 heterocycles. The fraction of sp³-hybridized carbons (Fsp3) is 0.286. The third-order valence-electron chi connectivity index (χ3n) is 2.44. The second kappa shape index (κ2) is 4.63. The van der Waals surface area contributed by atoms with Gasteiger partial charge >= 0.3 is 0 Å². The lowest BCUT2D eigenvalue weighted by atomic mass is 10.1. The van der Waals surface area contributed by atoms with E-state index in [4.69, 9.17) is 15.7 Å². The van der Waals surface area contributed by atoms with E-state index >= 15 is 0 Å². The van der Waals surface area contributed by atoms with Crippen LogP contribution >= 0.6 is 0 Å². The lowest BCUT2D eigenvalue weighted by Crippen LogP contribution is -2.38. The molecule has 0 bridgehead atoms. The van der Waals surface area contributed by atoms with Gasteiger partial charge in [-0.2, -0.15) is 5.26 Å². The third kappa shape index (κ3) is 2.58. The number of ether oxygens (including phenoxy) is 1. The first-order valence-corrected chi connectivity index (χ1v) is 5.71. The minimum atomic E-state index is -0.447. The lowest BCUT2D eigenvalue weighted by molar-refractivity contribution is 0.245. The molecule has 0 radical (unpaired) electrons. The summed E-state index contributed by atoms with van der Waals surface area (Å²) in [7, 11) is 0. The normalized spacial score (nSPS) is 11.2. The van der Waals surface area contributed by atoms with Gasteiger partial charge in [-0.3, -0.25) is 4.98 Å². The van der Waals surface area contributed by atoms with Crippen LogP contribution in [0.5, 0.6) is 5.75 Å². The maximum absolute atomic E-state index is 9.11. The summed E-state index contributed by atoms with van der Waals surface area (Å²) in [5.74, 6) is 0.557. The van der Waals surface area contributed by atoms with Crippen LogP contribution in [0.2, 0.25) is 0 Å². The molecule has 0 saturated carbocycles. The molecule has 2 N–H and O–H groups in total. The van der Waals surface area contributed by atoms with E-state index in [0.29, 0.717) is 17.9 Å². The molecule has 0 amide bonds. The maximum Gasteiger partial charge on any atom is 0.148 e. The number of para-hydroxylation sites is 1. The molecule has 0 aliphatic carbocycles. The zero-order chi connectivity index (χ0) is 13.2. The Balaban J connectivity index is 2.49. The van der Waals surface area contributed by atoms with Crippen LogP contribution in [0.4, 0.5) is 0 Å². The first kappa shape index (κ1) is 12.3. The molecule has 0 unspecified atom stereocenters. The smallest absolute Gasteiger partial charge is 0.148 e. The molecule has 2 rings (SSSR count). The Labute approximate surface area is 106 Å². The number of nitriles is 1.